The van der Waals surface area contributed by atoms with E-state index < -0.39 is 0 Å². The van der Waals surface area contributed by atoms with E-state index in [4.69, 9.17) is 10.5 Å². The van der Waals surface area contributed by atoms with E-state index in [1.807, 2.05) is 0 Å². The molecule has 2 N–H and O–H groups in total. The van der Waals surface area contributed by atoms with E-state index in [1.165, 1.54) is 10.4 Å². The van der Waals surface area contributed by atoms with Gasteiger partial charge < -0.3 is 10.5 Å². The molecule has 2 nitrogen and oxygen atoms in total. The van der Waals surface area contributed by atoms with E-state index in [9.17, 15) is 0 Å². The third-order valence-corrected chi connectivity index (χ3v) is 2.40. The summed E-state index contributed by atoms with van der Waals surface area (Å²) in [5.74, 6) is 0. The molecule has 62 valence electrons. The molecule has 11 heavy (non-hydrogen) atoms. The molecule has 1 aromatic rings. The van der Waals surface area contributed by atoms with Gasteiger partial charge in [-0.25, -0.2) is 0 Å². The SMILES string of the molecule is COC[C@@H](N)c1csc(C)c1. The van der Waals surface area contributed by atoms with Crippen molar-refractivity contribution in [3.8, 4) is 0 Å². The first-order valence-corrected chi connectivity index (χ1v) is 4.41. The van der Waals surface area contributed by atoms with Gasteiger partial charge in [0.2, 0.25) is 0 Å². The summed E-state index contributed by atoms with van der Waals surface area (Å²) in [6, 6.07) is 2.14. The maximum Gasteiger partial charge on any atom is 0.0655 e. The van der Waals surface area contributed by atoms with Gasteiger partial charge in [0.05, 0.1) is 12.6 Å². The quantitative estimate of drug-likeness (QED) is 0.751. The highest BCUT2D eigenvalue weighted by atomic mass is 32.1. The van der Waals surface area contributed by atoms with Crippen molar-refractivity contribution >= 4 is 11.3 Å². The molecule has 0 aliphatic carbocycles. The lowest BCUT2D eigenvalue weighted by molar-refractivity contribution is 0.181. The molecule has 1 heterocycles. The minimum Gasteiger partial charge on any atom is -0.383 e. The molecule has 0 radical (unpaired) electrons. The second-order valence-corrected chi connectivity index (χ2v) is 3.67. The van der Waals surface area contributed by atoms with Crippen LogP contribution >= 0.6 is 11.3 Å². The molecule has 0 bridgehead atoms. The van der Waals surface area contributed by atoms with Crippen molar-refractivity contribution in [2.45, 2.75) is 13.0 Å². The number of methoxy groups -OCH3 is 1. The molecule has 1 rings (SSSR count). The Bertz CT molecular complexity index is 222. The number of hydrogen-bond donors (Lipinski definition) is 1. The molecule has 1 atom stereocenters. The topological polar surface area (TPSA) is 35.2 Å². The average Bonchev–Trinajstić information content (AvgIpc) is 2.36. The summed E-state index contributed by atoms with van der Waals surface area (Å²) in [5, 5.41) is 2.08. The van der Waals surface area contributed by atoms with Crippen molar-refractivity contribution in [3.05, 3.63) is 21.9 Å². The Morgan fingerprint density at radius 2 is 2.45 bits per heavy atom. The fraction of sp³-hybridized carbons (Fsp3) is 0.500. The van der Waals surface area contributed by atoms with Gasteiger partial charge in [0.15, 0.2) is 0 Å². The number of ether oxygens (including phenoxy) is 1. The van der Waals surface area contributed by atoms with Crippen molar-refractivity contribution in [3.63, 3.8) is 0 Å². The van der Waals surface area contributed by atoms with Crippen molar-refractivity contribution in [1.29, 1.82) is 0 Å². The molecule has 0 amide bonds. The number of rotatable bonds is 3. The molecule has 0 spiro atoms. The highest BCUT2D eigenvalue weighted by Crippen LogP contribution is 2.18. The van der Waals surface area contributed by atoms with Gasteiger partial charge in [-0.15, -0.1) is 11.3 Å². The third kappa shape index (κ3) is 2.29. The van der Waals surface area contributed by atoms with Crippen LogP contribution in [0.5, 0.6) is 0 Å². The van der Waals surface area contributed by atoms with Crippen LogP contribution in [0.25, 0.3) is 0 Å². The molecule has 0 saturated heterocycles. The highest BCUT2D eigenvalue weighted by molar-refractivity contribution is 7.10. The Morgan fingerprint density at radius 1 is 1.73 bits per heavy atom. The van der Waals surface area contributed by atoms with Gasteiger partial charge >= 0.3 is 0 Å². The van der Waals surface area contributed by atoms with Crippen LogP contribution < -0.4 is 5.73 Å². The molecule has 0 aliphatic rings. The van der Waals surface area contributed by atoms with Gasteiger partial charge in [0, 0.05) is 12.0 Å². The Morgan fingerprint density at radius 3 is 2.91 bits per heavy atom. The lowest BCUT2D eigenvalue weighted by atomic mass is 10.2. The van der Waals surface area contributed by atoms with E-state index in [0.717, 1.165) is 0 Å². The van der Waals surface area contributed by atoms with E-state index in [0.29, 0.717) is 6.61 Å². The maximum atomic E-state index is 5.80. The largest absolute Gasteiger partial charge is 0.383 e. The van der Waals surface area contributed by atoms with Crippen molar-refractivity contribution < 1.29 is 4.74 Å². The van der Waals surface area contributed by atoms with Crippen LogP contribution in [0.4, 0.5) is 0 Å². The summed E-state index contributed by atoms with van der Waals surface area (Å²) in [6.07, 6.45) is 0. The smallest absolute Gasteiger partial charge is 0.0655 e. The Balaban J connectivity index is 2.60. The fourth-order valence-electron chi connectivity index (χ4n) is 0.934. The van der Waals surface area contributed by atoms with Gasteiger partial charge in [0.1, 0.15) is 0 Å². The van der Waals surface area contributed by atoms with Crippen molar-refractivity contribution in [2.24, 2.45) is 5.73 Å². The van der Waals surface area contributed by atoms with Crippen LogP contribution in [0.1, 0.15) is 16.5 Å². The predicted molar refractivity (Wildman–Crippen MR) is 47.9 cm³/mol. The highest BCUT2D eigenvalue weighted by Gasteiger charge is 2.05. The first kappa shape index (κ1) is 8.71. The Kier molecular flexibility index (Phi) is 3.05. The molecular formula is C8H13NOS. The molecular weight excluding hydrogens is 158 g/mol. The van der Waals surface area contributed by atoms with Crippen molar-refractivity contribution in [2.75, 3.05) is 13.7 Å². The summed E-state index contributed by atoms with van der Waals surface area (Å²) in [7, 11) is 1.67. The van der Waals surface area contributed by atoms with E-state index in [1.54, 1.807) is 18.4 Å². The van der Waals surface area contributed by atoms with Gasteiger partial charge in [-0.05, 0) is 23.9 Å². The van der Waals surface area contributed by atoms with Gasteiger partial charge in [0.25, 0.3) is 0 Å². The first-order chi connectivity index (χ1) is 5.24. The monoisotopic (exact) mass is 171 g/mol. The molecule has 0 fully saturated rings. The summed E-state index contributed by atoms with van der Waals surface area (Å²) in [5.41, 5.74) is 6.98. The van der Waals surface area contributed by atoms with E-state index in [-0.39, 0.29) is 6.04 Å². The van der Waals surface area contributed by atoms with Crippen molar-refractivity contribution in [1.82, 2.24) is 0 Å². The molecule has 0 aliphatic heterocycles. The van der Waals surface area contributed by atoms with Crippen LogP contribution in [-0.4, -0.2) is 13.7 Å². The summed E-state index contributed by atoms with van der Waals surface area (Å²) < 4.78 is 4.95. The first-order valence-electron chi connectivity index (χ1n) is 3.53. The Hall–Kier alpha value is -0.380. The van der Waals surface area contributed by atoms with Crippen LogP contribution in [0.2, 0.25) is 0 Å². The number of nitrogens with two attached hydrogens (primary N) is 1. The van der Waals surface area contributed by atoms with E-state index >= 15 is 0 Å². The predicted octanol–water partition coefficient (Wildman–Crippen LogP) is 1.70. The fourth-order valence-corrected chi connectivity index (χ4v) is 1.70. The standard InChI is InChI=1S/C8H13NOS/c1-6-3-7(5-11-6)8(9)4-10-2/h3,5,8H,4,9H2,1-2H3/t8-/m1/s1. The van der Waals surface area contributed by atoms with Gasteiger partial charge in [-0.1, -0.05) is 0 Å². The average molecular weight is 171 g/mol. The van der Waals surface area contributed by atoms with Crippen LogP contribution in [0, 0.1) is 6.92 Å². The summed E-state index contributed by atoms with van der Waals surface area (Å²) >= 11 is 1.72. The zero-order chi connectivity index (χ0) is 8.27. The van der Waals surface area contributed by atoms with Gasteiger partial charge in [-0.2, -0.15) is 0 Å². The molecule has 3 heteroatoms. The second kappa shape index (κ2) is 3.85. The zero-order valence-corrected chi connectivity index (χ0v) is 7.65. The van der Waals surface area contributed by atoms with Crippen LogP contribution in [-0.2, 0) is 4.74 Å². The minimum absolute atomic E-state index is 0.0324. The second-order valence-electron chi connectivity index (χ2n) is 2.55. The molecule has 1 aromatic heterocycles. The van der Waals surface area contributed by atoms with Gasteiger partial charge in [-0.3, -0.25) is 0 Å². The van der Waals surface area contributed by atoms with Crippen LogP contribution in [0.15, 0.2) is 11.4 Å². The molecule has 0 aromatic carbocycles. The summed E-state index contributed by atoms with van der Waals surface area (Å²) in [6.45, 7) is 2.67. The minimum atomic E-state index is 0.0324. The molecule has 0 unspecified atom stereocenters. The van der Waals surface area contributed by atoms with Crippen LogP contribution in [0.3, 0.4) is 0 Å². The maximum absolute atomic E-state index is 5.80. The normalized spacial score (nSPS) is 13.4. The number of thiophene rings is 1. The van der Waals surface area contributed by atoms with E-state index in [2.05, 4.69) is 18.4 Å². The number of aryl methyl sites for hydroxylation is 1. The summed E-state index contributed by atoms with van der Waals surface area (Å²) in [4.78, 5) is 1.30. The lowest BCUT2D eigenvalue weighted by Crippen LogP contribution is -2.14. The molecule has 0 saturated carbocycles. The zero-order valence-electron chi connectivity index (χ0n) is 6.83. The third-order valence-electron chi connectivity index (χ3n) is 1.53. The lowest BCUT2D eigenvalue weighted by Gasteiger charge is -2.06. The Labute approximate surface area is 71.0 Å². The number of hydrogen-bond acceptors (Lipinski definition) is 3.